The van der Waals surface area contributed by atoms with E-state index in [4.69, 9.17) is 9.97 Å². The Balaban J connectivity index is 1.39. The molecule has 1 aliphatic carbocycles. The molecular formula is C33H35FN4O. The van der Waals surface area contributed by atoms with E-state index in [1.807, 2.05) is 30.3 Å². The monoisotopic (exact) mass is 522 g/mol. The number of hydrogen-bond acceptors (Lipinski definition) is 4. The van der Waals surface area contributed by atoms with Gasteiger partial charge in [0.05, 0.1) is 11.3 Å². The number of anilines is 1. The molecule has 0 radical (unpaired) electrons. The van der Waals surface area contributed by atoms with Crippen molar-refractivity contribution in [3.8, 4) is 0 Å². The van der Waals surface area contributed by atoms with E-state index in [1.54, 1.807) is 6.20 Å². The summed E-state index contributed by atoms with van der Waals surface area (Å²) < 4.78 is 13.9. The highest BCUT2D eigenvalue weighted by Crippen LogP contribution is 2.47. The average Bonchev–Trinajstić information content (AvgIpc) is 3.47. The van der Waals surface area contributed by atoms with Gasteiger partial charge >= 0.3 is 0 Å². The normalized spacial score (nSPS) is 18.8. The van der Waals surface area contributed by atoms with Crippen molar-refractivity contribution >= 4 is 22.6 Å². The molecule has 1 amide bonds. The summed E-state index contributed by atoms with van der Waals surface area (Å²) in [6.07, 6.45) is 7.85. The van der Waals surface area contributed by atoms with E-state index in [2.05, 4.69) is 41.4 Å². The maximum atomic E-state index is 13.9. The summed E-state index contributed by atoms with van der Waals surface area (Å²) in [5.74, 6) is 0.832. The number of carbonyl (C=O) groups excluding carboxylic acids is 1. The fourth-order valence-electron chi connectivity index (χ4n) is 6.55. The number of halogens is 1. The molecule has 0 spiro atoms. The van der Waals surface area contributed by atoms with Gasteiger partial charge in [0.1, 0.15) is 5.82 Å². The molecule has 39 heavy (non-hydrogen) atoms. The number of nitrogens with zero attached hydrogens (tertiary/aromatic N) is 3. The molecule has 4 aromatic rings. The highest BCUT2D eigenvalue weighted by Gasteiger charge is 2.42. The van der Waals surface area contributed by atoms with Crippen LogP contribution in [0.4, 0.5) is 10.3 Å². The molecule has 1 atom stereocenters. The van der Waals surface area contributed by atoms with Gasteiger partial charge in [-0.15, -0.1) is 0 Å². The van der Waals surface area contributed by atoms with Gasteiger partial charge in [-0.05, 0) is 65.6 Å². The predicted molar refractivity (Wildman–Crippen MR) is 153 cm³/mol. The number of benzene rings is 3. The quantitative estimate of drug-likeness (QED) is 0.303. The van der Waals surface area contributed by atoms with Crippen LogP contribution >= 0.6 is 0 Å². The molecular weight excluding hydrogens is 487 g/mol. The fourth-order valence-corrected chi connectivity index (χ4v) is 6.55. The smallest absolute Gasteiger partial charge is 0.255 e. The van der Waals surface area contributed by atoms with Crippen LogP contribution in [0.3, 0.4) is 0 Å². The zero-order valence-electron chi connectivity index (χ0n) is 22.5. The maximum Gasteiger partial charge on any atom is 0.255 e. The van der Waals surface area contributed by atoms with Crippen LogP contribution in [-0.2, 0) is 12.0 Å². The summed E-state index contributed by atoms with van der Waals surface area (Å²) in [5, 5.41) is 5.44. The Bertz CT molecular complexity index is 1470. The minimum absolute atomic E-state index is 0.176. The molecule has 0 bridgehead atoms. The topological polar surface area (TPSA) is 58.1 Å². The summed E-state index contributed by atoms with van der Waals surface area (Å²) in [6.45, 7) is 4.50. The van der Waals surface area contributed by atoms with Gasteiger partial charge in [-0.3, -0.25) is 4.79 Å². The van der Waals surface area contributed by atoms with Gasteiger partial charge in [0.25, 0.3) is 5.91 Å². The third kappa shape index (κ3) is 5.00. The van der Waals surface area contributed by atoms with E-state index in [9.17, 15) is 9.18 Å². The average molecular weight is 523 g/mol. The molecule has 2 heterocycles. The number of aromatic nitrogens is 2. The second-order valence-corrected chi connectivity index (χ2v) is 11.2. The Hall–Kier alpha value is -3.80. The van der Waals surface area contributed by atoms with E-state index in [0.29, 0.717) is 24.0 Å². The molecule has 5 nitrogen and oxygen atoms in total. The second-order valence-electron chi connectivity index (χ2n) is 11.2. The Morgan fingerprint density at radius 2 is 1.79 bits per heavy atom. The van der Waals surface area contributed by atoms with Gasteiger partial charge < -0.3 is 10.2 Å². The van der Waals surface area contributed by atoms with Crippen molar-refractivity contribution < 1.29 is 9.18 Å². The van der Waals surface area contributed by atoms with Crippen LogP contribution in [-0.4, -0.2) is 29.0 Å². The molecule has 2 aliphatic rings. The van der Waals surface area contributed by atoms with E-state index in [0.717, 1.165) is 72.8 Å². The number of rotatable bonds is 6. The SMILES string of the molecule is CC1CCCN(c2ncc(C(=O)NCc3cccc4ccccc34)c(C3(c4ccc(F)cc4)CCCC3)n2)C1. The standard InChI is InChI=1S/C33H35FN4O/c1-23-8-7-19-38(22-23)32-36-21-29(31(39)35-20-25-11-6-10-24-9-2-3-12-28(24)25)30(37-32)33(17-4-5-18-33)26-13-15-27(34)16-14-26/h2-3,6,9-16,21,23H,4-5,7-8,17-20,22H2,1H3,(H,35,39). The zero-order valence-corrected chi connectivity index (χ0v) is 22.5. The van der Waals surface area contributed by atoms with Crippen LogP contribution in [0.15, 0.2) is 72.9 Å². The summed E-state index contributed by atoms with van der Waals surface area (Å²) in [7, 11) is 0. The zero-order chi connectivity index (χ0) is 26.8. The highest BCUT2D eigenvalue weighted by atomic mass is 19.1. The first-order chi connectivity index (χ1) is 19.0. The summed E-state index contributed by atoms with van der Waals surface area (Å²) >= 11 is 0. The molecule has 1 aliphatic heterocycles. The summed E-state index contributed by atoms with van der Waals surface area (Å²) in [6, 6.07) is 21.1. The van der Waals surface area contributed by atoms with E-state index in [1.165, 1.54) is 18.6 Å². The van der Waals surface area contributed by atoms with Crippen molar-refractivity contribution in [2.24, 2.45) is 5.92 Å². The highest BCUT2D eigenvalue weighted by molar-refractivity contribution is 5.96. The van der Waals surface area contributed by atoms with Gasteiger partial charge in [0, 0.05) is 31.2 Å². The number of hydrogen-bond donors (Lipinski definition) is 1. The van der Waals surface area contributed by atoms with Gasteiger partial charge in [0.2, 0.25) is 5.95 Å². The largest absolute Gasteiger partial charge is 0.348 e. The molecule has 200 valence electrons. The lowest BCUT2D eigenvalue weighted by atomic mass is 9.74. The van der Waals surface area contributed by atoms with Crippen LogP contribution in [0.2, 0.25) is 0 Å². The molecule has 3 aromatic carbocycles. The van der Waals surface area contributed by atoms with E-state index < -0.39 is 5.41 Å². The van der Waals surface area contributed by atoms with E-state index in [-0.39, 0.29) is 11.7 Å². The minimum atomic E-state index is -0.446. The molecule has 6 heteroatoms. The van der Waals surface area contributed by atoms with Gasteiger partial charge in [-0.25, -0.2) is 14.4 Å². The van der Waals surface area contributed by atoms with E-state index >= 15 is 0 Å². The van der Waals surface area contributed by atoms with Crippen molar-refractivity contribution in [1.82, 2.24) is 15.3 Å². The number of piperidine rings is 1. The Kier molecular flexibility index (Phi) is 7.03. The molecule has 1 saturated heterocycles. The van der Waals surface area contributed by atoms with Crippen molar-refractivity contribution in [3.05, 3.63) is 101 Å². The second kappa shape index (κ2) is 10.8. The number of carbonyl (C=O) groups is 1. The maximum absolute atomic E-state index is 13.9. The summed E-state index contributed by atoms with van der Waals surface area (Å²) in [4.78, 5) is 26.0. The van der Waals surface area contributed by atoms with Crippen LogP contribution in [0, 0.1) is 11.7 Å². The van der Waals surface area contributed by atoms with Gasteiger partial charge in [-0.1, -0.05) is 74.4 Å². The van der Waals surface area contributed by atoms with Crippen LogP contribution in [0.25, 0.3) is 10.8 Å². The van der Waals surface area contributed by atoms with Gasteiger partial charge in [0.15, 0.2) is 0 Å². The first-order valence-electron chi connectivity index (χ1n) is 14.2. The number of fused-ring (bicyclic) bond motifs is 1. The minimum Gasteiger partial charge on any atom is -0.348 e. The van der Waals surface area contributed by atoms with Gasteiger partial charge in [-0.2, -0.15) is 0 Å². The van der Waals surface area contributed by atoms with Crippen molar-refractivity contribution in [3.63, 3.8) is 0 Å². The molecule has 1 saturated carbocycles. The molecule has 6 rings (SSSR count). The lowest BCUT2D eigenvalue weighted by molar-refractivity contribution is 0.0948. The first-order valence-corrected chi connectivity index (χ1v) is 14.2. The van der Waals surface area contributed by atoms with Crippen LogP contribution in [0.5, 0.6) is 0 Å². The Morgan fingerprint density at radius 3 is 2.59 bits per heavy atom. The molecule has 1 unspecified atom stereocenters. The Labute approximate surface area is 229 Å². The van der Waals surface area contributed by atoms with Crippen molar-refractivity contribution in [2.45, 2.75) is 57.4 Å². The van der Waals surface area contributed by atoms with Crippen molar-refractivity contribution in [1.29, 1.82) is 0 Å². The predicted octanol–water partition coefficient (Wildman–Crippen LogP) is 6.80. The molecule has 1 aromatic heterocycles. The fraction of sp³-hybridized carbons (Fsp3) is 0.364. The lowest BCUT2D eigenvalue weighted by Crippen LogP contribution is -2.37. The first kappa shape index (κ1) is 25.5. The molecule has 1 N–H and O–H groups in total. The van der Waals surface area contributed by atoms with Crippen LogP contribution in [0.1, 0.15) is 72.6 Å². The lowest BCUT2D eigenvalue weighted by Gasteiger charge is -2.34. The van der Waals surface area contributed by atoms with Crippen LogP contribution < -0.4 is 10.2 Å². The Morgan fingerprint density at radius 1 is 1.03 bits per heavy atom. The van der Waals surface area contributed by atoms with Crippen molar-refractivity contribution in [2.75, 3.05) is 18.0 Å². The third-order valence-electron chi connectivity index (χ3n) is 8.59. The summed E-state index contributed by atoms with van der Waals surface area (Å²) in [5.41, 5.74) is 2.91. The molecule has 2 fully saturated rings. The number of nitrogens with one attached hydrogen (secondary N) is 1. The number of amides is 1. The third-order valence-corrected chi connectivity index (χ3v) is 8.59.